The molecule has 0 saturated heterocycles. The van der Waals surface area contributed by atoms with Crippen LogP contribution in [-0.4, -0.2) is 45.9 Å². The Kier molecular flexibility index (Phi) is 8.28. The first-order chi connectivity index (χ1) is 13.9. The van der Waals surface area contributed by atoms with Gasteiger partial charge in [0.15, 0.2) is 11.2 Å². The van der Waals surface area contributed by atoms with Crippen LogP contribution < -0.4 is 9.47 Å². The molecular formula is C22H24O8. The molecule has 0 fully saturated rings. The summed E-state index contributed by atoms with van der Waals surface area (Å²) >= 11 is 0. The number of hydrogen-bond acceptors (Lipinski definition) is 6. The minimum absolute atomic E-state index is 0.368. The number of benzene rings is 2. The van der Waals surface area contributed by atoms with Crippen molar-refractivity contribution in [2.24, 2.45) is 0 Å². The molecule has 0 radical (unpaired) electrons. The Bertz CT molecular complexity index is 839. The first-order valence-corrected chi connectivity index (χ1v) is 8.86. The highest BCUT2D eigenvalue weighted by Gasteiger charge is 2.30. The summed E-state index contributed by atoms with van der Waals surface area (Å²) in [6.07, 6.45) is 1.36. The third-order valence-electron chi connectivity index (χ3n) is 3.76. The van der Waals surface area contributed by atoms with Gasteiger partial charge < -0.3 is 19.7 Å². The van der Waals surface area contributed by atoms with Gasteiger partial charge in [-0.05, 0) is 52.0 Å². The van der Waals surface area contributed by atoms with E-state index in [0.29, 0.717) is 35.2 Å². The normalized spacial score (nSPS) is 10.8. The topological polar surface area (TPSA) is 127 Å². The molecule has 0 atom stereocenters. The summed E-state index contributed by atoms with van der Waals surface area (Å²) in [6.45, 7) is 5.79. The average molecular weight is 416 g/mol. The lowest BCUT2D eigenvalue weighted by Gasteiger charge is -2.21. The number of rotatable bonds is 8. The second-order valence-electron chi connectivity index (χ2n) is 7.22. The molecule has 8 heteroatoms. The molecular weight excluding hydrogens is 392 g/mol. The number of carboxylic acids is 2. The Labute approximate surface area is 174 Å². The Balaban J connectivity index is 0.000000300. The highest BCUT2D eigenvalue weighted by molar-refractivity contribution is 5.78. The molecule has 2 aromatic carbocycles. The predicted octanol–water partition coefficient (Wildman–Crippen LogP) is 3.48. The number of carbonyl (C=O) groups excluding carboxylic acids is 2. The molecule has 8 nitrogen and oxygen atoms in total. The molecule has 0 bridgehead atoms. The lowest BCUT2D eigenvalue weighted by molar-refractivity contribution is -0.152. The number of aldehydes is 2. The van der Waals surface area contributed by atoms with E-state index in [1.165, 1.54) is 39.8 Å². The van der Waals surface area contributed by atoms with Gasteiger partial charge in [0.2, 0.25) is 0 Å². The SMILES string of the molecule is CC(C)(Oc1cccc(C=O)c1)C(=O)O.CC(C)(Oc1cccc(C=O)c1)C(=O)O. The zero-order chi connectivity index (χ0) is 22.9. The second-order valence-corrected chi connectivity index (χ2v) is 7.22. The maximum absolute atomic E-state index is 10.8. The maximum atomic E-state index is 10.8. The van der Waals surface area contributed by atoms with Crippen LogP contribution in [0.15, 0.2) is 48.5 Å². The van der Waals surface area contributed by atoms with Crippen molar-refractivity contribution in [3.63, 3.8) is 0 Å². The minimum Gasteiger partial charge on any atom is -0.478 e. The van der Waals surface area contributed by atoms with Crippen LogP contribution in [0.1, 0.15) is 48.4 Å². The third kappa shape index (κ3) is 7.38. The molecule has 0 aliphatic heterocycles. The lowest BCUT2D eigenvalue weighted by Crippen LogP contribution is -2.37. The van der Waals surface area contributed by atoms with E-state index in [4.69, 9.17) is 19.7 Å². The minimum atomic E-state index is -1.30. The molecule has 0 unspecified atom stereocenters. The predicted molar refractivity (Wildman–Crippen MR) is 108 cm³/mol. The van der Waals surface area contributed by atoms with Gasteiger partial charge in [0, 0.05) is 11.1 Å². The molecule has 2 aromatic rings. The number of ether oxygens (including phenoxy) is 2. The van der Waals surface area contributed by atoms with Crippen LogP contribution in [0.4, 0.5) is 0 Å². The molecule has 0 heterocycles. The average Bonchev–Trinajstić information content (AvgIpc) is 2.68. The molecule has 0 aliphatic rings. The summed E-state index contributed by atoms with van der Waals surface area (Å²) in [5, 5.41) is 17.7. The number of hydrogen-bond donors (Lipinski definition) is 2. The summed E-state index contributed by atoms with van der Waals surface area (Å²) in [4.78, 5) is 42.5. The van der Waals surface area contributed by atoms with E-state index in [9.17, 15) is 19.2 Å². The molecule has 30 heavy (non-hydrogen) atoms. The molecule has 0 amide bonds. The van der Waals surface area contributed by atoms with E-state index in [1.54, 1.807) is 36.4 Å². The van der Waals surface area contributed by atoms with Crippen LogP contribution in [0.3, 0.4) is 0 Å². The van der Waals surface area contributed by atoms with Gasteiger partial charge in [0.05, 0.1) is 0 Å². The van der Waals surface area contributed by atoms with Gasteiger partial charge in [0.1, 0.15) is 24.1 Å². The van der Waals surface area contributed by atoms with Crippen molar-refractivity contribution in [3.8, 4) is 11.5 Å². The Morgan fingerprint density at radius 1 is 0.733 bits per heavy atom. The van der Waals surface area contributed by atoms with Crippen molar-refractivity contribution >= 4 is 24.5 Å². The first kappa shape index (κ1) is 24.4. The lowest BCUT2D eigenvalue weighted by atomic mass is 10.1. The van der Waals surface area contributed by atoms with Crippen LogP contribution >= 0.6 is 0 Å². The number of carbonyl (C=O) groups is 4. The van der Waals surface area contributed by atoms with Crippen molar-refractivity contribution < 1.29 is 38.9 Å². The molecule has 0 aromatic heterocycles. The van der Waals surface area contributed by atoms with Crippen LogP contribution in [0, 0.1) is 0 Å². The van der Waals surface area contributed by atoms with Gasteiger partial charge in [-0.2, -0.15) is 0 Å². The molecule has 2 N–H and O–H groups in total. The summed E-state index contributed by atoms with van der Waals surface area (Å²) in [6, 6.07) is 12.7. The zero-order valence-corrected chi connectivity index (χ0v) is 17.1. The van der Waals surface area contributed by atoms with Gasteiger partial charge in [-0.1, -0.05) is 24.3 Å². The quantitative estimate of drug-likeness (QED) is 0.626. The van der Waals surface area contributed by atoms with Crippen LogP contribution in [0.2, 0.25) is 0 Å². The van der Waals surface area contributed by atoms with Gasteiger partial charge in [0.25, 0.3) is 0 Å². The van der Waals surface area contributed by atoms with E-state index in [-0.39, 0.29) is 0 Å². The van der Waals surface area contributed by atoms with Crippen molar-refractivity contribution in [2.75, 3.05) is 0 Å². The highest BCUT2D eigenvalue weighted by atomic mass is 16.5. The Hall–Kier alpha value is -3.68. The van der Waals surface area contributed by atoms with Gasteiger partial charge in [-0.15, -0.1) is 0 Å². The molecule has 0 spiro atoms. The third-order valence-corrected chi connectivity index (χ3v) is 3.76. The van der Waals surface area contributed by atoms with E-state index >= 15 is 0 Å². The fourth-order valence-corrected chi connectivity index (χ4v) is 1.98. The van der Waals surface area contributed by atoms with Gasteiger partial charge >= 0.3 is 11.9 Å². The molecule has 2 rings (SSSR count). The number of carboxylic acid groups (broad SMARTS) is 2. The summed E-state index contributed by atoms with van der Waals surface area (Å²) in [5.74, 6) is -1.38. The van der Waals surface area contributed by atoms with Crippen molar-refractivity contribution in [3.05, 3.63) is 59.7 Å². The summed E-state index contributed by atoms with van der Waals surface area (Å²) < 4.78 is 10.5. The smallest absolute Gasteiger partial charge is 0.347 e. The Morgan fingerprint density at radius 3 is 1.33 bits per heavy atom. The van der Waals surface area contributed by atoms with E-state index in [1.807, 2.05) is 0 Å². The van der Waals surface area contributed by atoms with Gasteiger partial charge in [-0.3, -0.25) is 9.59 Å². The standard InChI is InChI=1S/2C11H12O4/c2*1-11(2,10(13)14)15-9-5-3-4-8(6-9)7-12/h2*3-7H,1-2H3,(H,13,14). The van der Waals surface area contributed by atoms with Crippen molar-refractivity contribution in [1.29, 1.82) is 0 Å². The molecule has 160 valence electrons. The van der Waals surface area contributed by atoms with Crippen molar-refractivity contribution in [2.45, 2.75) is 38.9 Å². The maximum Gasteiger partial charge on any atom is 0.347 e. The highest BCUT2D eigenvalue weighted by Crippen LogP contribution is 2.20. The Morgan fingerprint density at radius 2 is 1.07 bits per heavy atom. The van der Waals surface area contributed by atoms with E-state index in [0.717, 1.165) is 0 Å². The van der Waals surface area contributed by atoms with Crippen LogP contribution in [0.5, 0.6) is 11.5 Å². The van der Waals surface area contributed by atoms with E-state index in [2.05, 4.69) is 0 Å². The molecule has 0 aliphatic carbocycles. The monoisotopic (exact) mass is 416 g/mol. The fourth-order valence-electron chi connectivity index (χ4n) is 1.98. The fraction of sp³-hybridized carbons (Fsp3) is 0.273. The van der Waals surface area contributed by atoms with Crippen molar-refractivity contribution in [1.82, 2.24) is 0 Å². The van der Waals surface area contributed by atoms with Crippen LogP contribution in [-0.2, 0) is 9.59 Å². The zero-order valence-electron chi connectivity index (χ0n) is 17.1. The van der Waals surface area contributed by atoms with Crippen LogP contribution in [0.25, 0.3) is 0 Å². The largest absolute Gasteiger partial charge is 0.478 e. The number of aliphatic carboxylic acids is 2. The molecule has 0 saturated carbocycles. The first-order valence-electron chi connectivity index (χ1n) is 8.86. The van der Waals surface area contributed by atoms with Gasteiger partial charge in [-0.25, -0.2) is 9.59 Å². The summed E-state index contributed by atoms with van der Waals surface area (Å²) in [7, 11) is 0. The second kappa shape index (κ2) is 10.2. The summed E-state index contributed by atoms with van der Waals surface area (Å²) in [5.41, 5.74) is -1.70. The van der Waals surface area contributed by atoms with E-state index < -0.39 is 23.1 Å².